The second-order valence-electron chi connectivity index (χ2n) is 1.13. The van der Waals surface area contributed by atoms with Crippen LogP contribution in [0.25, 0.3) is 0 Å². The summed E-state index contributed by atoms with van der Waals surface area (Å²) < 4.78 is 0. The first-order valence-corrected chi connectivity index (χ1v) is 1.77. The van der Waals surface area contributed by atoms with Crippen molar-refractivity contribution in [2.75, 3.05) is 6.61 Å². The average molecular weight is 147 g/mol. The number of aliphatic hydroxyl groups is 1. The molecule has 0 fully saturated rings. The van der Waals surface area contributed by atoms with Gasteiger partial charge < -0.3 is 15.9 Å². The first kappa shape index (κ1) is 11.4. The molecule has 0 saturated carbocycles. The third kappa shape index (κ3) is 4.80. The SMILES string of the molecule is NC(CO)C(=O)O.[CaH2]. The van der Waals surface area contributed by atoms with E-state index in [-0.39, 0.29) is 37.7 Å². The molecule has 4 nitrogen and oxygen atoms in total. The number of rotatable bonds is 2. The Morgan fingerprint density at radius 2 is 2.12 bits per heavy atom. The van der Waals surface area contributed by atoms with Crippen molar-refractivity contribution in [1.82, 2.24) is 0 Å². The molecule has 0 aromatic heterocycles. The summed E-state index contributed by atoms with van der Waals surface area (Å²) in [6.45, 7) is -0.505. The Balaban J connectivity index is 0. The molecule has 0 aliphatic heterocycles. The van der Waals surface area contributed by atoms with Gasteiger partial charge in [-0.05, 0) is 0 Å². The zero-order valence-electron chi connectivity index (χ0n) is 3.66. The number of hydrogen-bond donors (Lipinski definition) is 3. The molecule has 46 valence electrons. The maximum absolute atomic E-state index is 9.65. The fraction of sp³-hybridized carbons (Fsp3) is 0.667. The van der Waals surface area contributed by atoms with Gasteiger partial charge in [0.2, 0.25) is 0 Å². The normalized spacial score (nSPS) is 11.8. The Kier molecular flexibility index (Phi) is 8.27. The molecule has 0 aromatic carbocycles. The van der Waals surface area contributed by atoms with Gasteiger partial charge in [0, 0.05) is 0 Å². The van der Waals surface area contributed by atoms with Crippen LogP contribution < -0.4 is 5.73 Å². The van der Waals surface area contributed by atoms with E-state index in [1.54, 1.807) is 0 Å². The van der Waals surface area contributed by atoms with Crippen LogP contribution in [0.5, 0.6) is 0 Å². The van der Waals surface area contributed by atoms with Crippen LogP contribution in [-0.4, -0.2) is 66.6 Å². The fourth-order valence-electron chi connectivity index (χ4n) is 0.0781. The summed E-state index contributed by atoms with van der Waals surface area (Å²) in [5.41, 5.74) is 4.77. The molecule has 8 heavy (non-hydrogen) atoms. The molecule has 1 atom stereocenters. The monoisotopic (exact) mass is 147 g/mol. The Hall–Kier alpha value is 0.650. The van der Waals surface area contributed by atoms with E-state index >= 15 is 0 Å². The van der Waals surface area contributed by atoms with Crippen molar-refractivity contribution in [3.8, 4) is 0 Å². The van der Waals surface area contributed by atoms with Gasteiger partial charge in [0.1, 0.15) is 6.04 Å². The van der Waals surface area contributed by atoms with Crippen LogP contribution in [-0.2, 0) is 4.79 Å². The van der Waals surface area contributed by atoms with E-state index in [1.807, 2.05) is 0 Å². The zero-order valence-corrected chi connectivity index (χ0v) is 3.66. The van der Waals surface area contributed by atoms with Crippen molar-refractivity contribution in [2.24, 2.45) is 5.73 Å². The van der Waals surface area contributed by atoms with Gasteiger partial charge >= 0.3 is 43.7 Å². The summed E-state index contributed by atoms with van der Waals surface area (Å²) in [5, 5.41) is 15.9. The fourth-order valence-corrected chi connectivity index (χ4v) is 0.0781. The van der Waals surface area contributed by atoms with E-state index in [2.05, 4.69) is 0 Å². The van der Waals surface area contributed by atoms with Crippen LogP contribution in [0.4, 0.5) is 0 Å². The summed E-state index contributed by atoms with van der Waals surface area (Å²) >= 11 is 0. The number of carbonyl (C=O) groups is 1. The maximum atomic E-state index is 9.65. The molecule has 0 aliphatic rings. The van der Waals surface area contributed by atoms with E-state index in [0.717, 1.165) is 0 Å². The van der Waals surface area contributed by atoms with Gasteiger partial charge in [0.25, 0.3) is 0 Å². The third-order valence-corrected chi connectivity index (χ3v) is 0.514. The summed E-state index contributed by atoms with van der Waals surface area (Å²) in [4.78, 5) is 9.65. The molecule has 0 saturated heterocycles. The van der Waals surface area contributed by atoms with E-state index in [1.165, 1.54) is 0 Å². The van der Waals surface area contributed by atoms with Gasteiger partial charge in [-0.3, -0.25) is 4.79 Å². The molecule has 0 heterocycles. The molecule has 1 unspecified atom stereocenters. The number of hydrogen-bond acceptors (Lipinski definition) is 3. The van der Waals surface area contributed by atoms with Crippen LogP contribution in [0.2, 0.25) is 0 Å². The van der Waals surface area contributed by atoms with Gasteiger partial charge in [-0.2, -0.15) is 0 Å². The summed E-state index contributed by atoms with van der Waals surface area (Å²) in [7, 11) is 0. The van der Waals surface area contributed by atoms with Crippen molar-refractivity contribution in [1.29, 1.82) is 0 Å². The van der Waals surface area contributed by atoms with E-state index in [0.29, 0.717) is 0 Å². The molecule has 0 bridgehead atoms. The van der Waals surface area contributed by atoms with E-state index in [4.69, 9.17) is 15.9 Å². The Labute approximate surface area is 76.7 Å². The molecule has 4 N–H and O–H groups in total. The predicted molar refractivity (Wildman–Crippen MR) is 31.2 cm³/mol. The third-order valence-electron chi connectivity index (χ3n) is 0.514. The van der Waals surface area contributed by atoms with Crippen molar-refractivity contribution in [3.05, 3.63) is 0 Å². The molecular weight excluding hydrogens is 138 g/mol. The van der Waals surface area contributed by atoms with Crippen LogP contribution >= 0.6 is 0 Å². The summed E-state index contributed by atoms with van der Waals surface area (Å²) in [6.07, 6.45) is 0. The molecule has 5 heteroatoms. The zero-order chi connectivity index (χ0) is 5.86. The Morgan fingerprint density at radius 1 is 1.75 bits per heavy atom. The van der Waals surface area contributed by atoms with Gasteiger partial charge in [0.15, 0.2) is 0 Å². The first-order valence-electron chi connectivity index (χ1n) is 1.77. The number of aliphatic carboxylic acids is 1. The molecule has 0 amide bonds. The number of aliphatic hydroxyl groups excluding tert-OH is 1. The number of carboxylic acid groups (broad SMARTS) is 1. The molecule has 0 aromatic rings. The second kappa shape index (κ2) is 5.78. The second-order valence-corrected chi connectivity index (χ2v) is 1.13. The standard InChI is InChI=1S/C3H7NO3.Ca.2H/c4-2(1-5)3(6)7;;;/h2,5H,1,4H2,(H,6,7);;;. The Bertz CT molecular complexity index is 76.9. The van der Waals surface area contributed by atoms with Crippen LogP contribution in [0, 0.1) is 0 Å². The van der Waals surface area contributed by atoms with Gasteiger partial charge in [0.05, 0.1) is 6.61 Å². The molecule has 0 aliphatic carbocycles. The quantitative estimate of drug-likeness (QED) is 0.376. The van der Waals surface area contributed by atoms with Crippen molar-refractivity contribution >= 4 is 43.7 Å². The van der Waals surface area contributed by atoms with Crippen molar-refractivity contribution < 1.29 is 15.0 Å². The van der Waals surface area contributed by atoms with Crippen molar-refractivity contribution in [3.63, 3.8) is 0 Å². The van der Waals surface area contributed by atoms with Crippen LogP contribution in [0.1, 0.15) is 0 Å². The molecular formula is C3H9CaNO3. The Morgan fingerprint density at radius 3 is 2.12 bits per heavy atom. The average Bonchev–Trinajstić information content (AvgIpc) is 1.65. The summed E-state index contributed by atoms with van der Waals surface area (Å²) in [5.74, 6) is -1.18. The molecule has 0 spiro atoms. The van der Waals surface area contributed by atoms with Crippen LogP contribution in [0.15, 0.2) is 0 Å². The van der Waals surface area contributed by atoms with Gasteiger partial charge in [-0.1, -0.05) is 0 Å². The first-order chi connectivity index (χ1) is 3.18. The minimum absolute atomic E-state index is 0. The van der Waals surface area contributed by atoms with Crippen molar-refractivity contribution in [2.45, 2.75) is 6.04 Å². The minimum atomic E-state index is -1.18. The predicted octanol–water partition coefficient (Wildman–Crippen LogP) is -2.53. The van der Waals surface area contributed by atoms with Crippen LogP contribution in [0.3, 0.4) is 0 Å². The number of nitrogens with two attached hydrogens (primary N) is 1. The van der Waals surface area contributed by atoms with E-state index in [9.17, 15) is 4.79 Å². The van der Waals surface area contributed by atoms with E-state index < -0.39 is 18.6 Å². The summed E-state index contributed by atoms with van der Waals surface area (Å²) in [6, 6.07) is -1.13. The molecule has 0 rings (SSSR count). The molecule has 0 radical (unpaired) electrons. The van der Waals surface area contributed by atoms with Gasteiger partial charge in [-0.15, -0.1) is 0 Å². The number of carboxylic acids is 1. The topological polar surface area (TPSA) is 83.5 Å². The van der Waals surface area contributed by atoms with Gasteiger partial charge in [-0.25, -0.2) is 0 Å².